The van der Waals surface area contributed by atoms with Gasteiger partial charge in [0.25, 0.3) is 0 Å². The van der Waals surface area contributed by atoms with Gasteiger partial charge in [-0.2, -0.15) is 0 Å². The molecule has 0 aromatic rings. The first-order valence-electron chi connectivity index (χ1n) is 10.0. The van der Waals surface area contributed by atoms with Crippen LogP contribution in [0.5, 0.6) is 0 Å². The average Bonchev–Trinajstić information content (AvgIpc) is 2.61. The van der Waals surface area contributed by atoms with Gasteiger partial charge in [0.2, 0.25) is 0 Å². The molecular formula is C20H37NSi. The lowest BCUT2D eigenvalue weighted by molar-refractivity contribution is 0.133. The van der Waals surface area contributed by atoms with Gasteiger partial charge in [0.1, 0.15) is 8.07 Å². The first-order chi connectivity index (χ1) is 10.7. The monoisotopic (exact) mass is 319 g/mol. The second-order valence-corrected chi connectivity index (χ2v) is 12.5. The number of hydrogen-bond acceptors (Lipinski definition) is 1. The van der Waals surface area contributed by atoms with Crippen LogP contribution in [0.2, 0.25) is 18.1 Å². The van der Waals surface area contributed by atoms with E-state index in [1.54, 1.807) is 0 Å². The standard InChI is InChI=1S/C20H37NSi/c1-4-22(5-2,6-3)18-15-20(19-13-9-7-10-14-19)21-16-11-8-12-17-21/h19-20H,4-14,16-17H2,1-3H3. The SMILES string of the molecule is CC[Si](C#CC(C1CCCCC1)N1CCCCC1)(CC)CC. The number of piperidine rings is 1. The Kier molecular flexibility index (Phi) is 7.51. The fraction of sp³-hybridized carbons (Fsp3) is 0.900. The van der Waals surface area contributed by atoms with Gasteiger partial charge in [0.15, 0.2) is 0 Å². The molecule has 0 aromatic heterocycles. The van der Waals surface area contributed by atoms with Crippen LogP contribution in [0.25, 0.3) is 0 Å². The van der Waals surface area contributed by atoms with E-state index in [0.29, 0.717) is 6.04 Å². The predicted octanol–water partition coefficient (Wildman–Crippen LogP) is 5.47. The first-order valence-corrected chi connectivity index (χ1v) is 12.6. The summed E-state index contributed by atoms with van der Waals surface area (Å²) in [5.41, 5.74) is 3.92. The molecule has 1 heterocycles. The van der Waals surface area contributed by atoms with Crippen LogP contribution in [0, 0.1) is 17.4 Å². The van der Waals surface area contributed by atoms with Gasteiger partial charge < -0.3 is 0 Å². The Morgan fingerprint density at radius 2 is 1.41 bits per heavy atom. The highest BCUT2D eigenvalue weighted by atomic mass is 28.3. The molecule has 1 atom stereocenters. The highest BCUT2D eigenvalue weighted by Gasteiger charge is 2.30. The number of rotatable bonds is 5. The average molecular weight is 320 g/mol. The van der Waals surface area contributed by atoms with E-state index in [9.17, 15) is 0 Å². The molecule has 1 unspecified atom stereocenters. The topological polar surface area (TPSA) is 3.24 Å². The van der Waals surface area contributed by atoms with Crippen molar-refractivity contribution in [1.82, 2.24) is 4.90 Å². The molecule has 126 valence electrons. The quantitative estimate of drug-likeness (QED) is 0.479. The van der Waals surface area contributed by atoms with Gasteiger partial charge >= 0.3 is 0 Å². The van der Waals surface area contributed by atoms with Gasteiger partial charge in [0.05, 0.1) is 6.04 Å². The summed E-state index contributed by atoms with van der Waals surface area (Å²) >= 11 is 0. The Balaban J connectivity index is 2.16. The van der Waals surface area contributed by atoms with Crippen LogP contribution in [0.1, 0.15) is 72.1 Å². The van der Waals surface area contributed by atoms with Crippen LogP contribution in [0.15, 0.2) is 0 Å². The molecule has 2 rings (SSSR count). The molecule has 1 saturated carbocycles. The zero-order chi connectivity index (χ0) is 15.8. The molecule has 1 nitrogen and oxygen atoms in total. The molecule has 0 aromatic carbocycles. The smallest absolute Gasteiger partial charge is 0.137 e. The Hall–Kier alpha value is -0.263. The summed E-state index contributed by atoms with van der Waals surface area (Å²) in [5.74, 6) is 4.75. The molecule has 2 aliphatic rings. The van der Waals surface area contributed by atoms with E-state index in [2.05, 4.69) is 37.1 Å². The van der Waals surface area contributed by atoms with Gasteiger partial charge in [-0.3, -0.25) is 4.90 Å². The number of nitrogens with zero attached hydrogens (tertiary/aromatic N) is 1. The van der Waals surface area contributed by atoms with Crippen LogP contribution < -0.4 is 0 Å². The largest absolute Gasteiger partial charge is 0.290 e. The van der Waals surface area contributed by atoms with Gasteiger partial charge in [-0.15, -0.1) is 5.54 Å². The summed E-state index contributed by atoms with van der Waals surface area (Å²) in [4.78, 5) is 2.76. The van der Waals surface area contributed by atoms with Crippen LogP contribution >= 0.6 is 0 Å². The summed E-state index contributed by atoms with van der Waals surface area (Å²) in [6, 6.07) is 4.59. The van der Waals surface area contributed by atoms with Crippen LogP contribution in [0.4, 0.5) is 0 Å². The summed E-state index contributed by atoms with van der Waals surface area (Å²) in [6.45, 7) is 9.74. The van der Waals surface area contributed by atoms with Crippen molar-refractivity contribution in [2.24, 2.45) is 5.92 Å². The molecule has 1 aliphatic heterocycles. The normalized spacial score (nSPS) is 22.9. The third-order valence-electron chi connectivity index (χ3n) is 6.40. The molecule has 1 aliphatic carbocycles. The molecule has 0 radical (unpaired) electrons. The molecule has 2 fully saturated rings. The van der Waals surface area contributed by atoms with E-state index < -0.39 is 8.07 Å². The van der Waals surface area contributed by atoms with Gasteiger partial charge in [-0.1, -0.05) is 52.4 Å². The minimum Gasteiger partial charge on any atom is -0.290 e. The fourth-order valence-corrected chi connectivity index (χ4v) is 6.88. The lowest BCUT2D eigenvalue weighted by atomic mass is 9.83. The Bertz CT molecular complexity index is 339. The molecule has 0 amide bonds. The molecule has 0 bridgehead atoms. The minimum atomic E-state index is -1.30. The summed E-state index contributed by atoms with van der Waals surface area (Å²) in [5, 5.41) is 0. The van der Waals surface area contributed by atoms with Crippen LogP contribution in [-0.4, -0.2) is 32.1 Å². The Morgan fingerprint density at radius 3 is 1.95 bits per heavy atom. The third kappa shape index (κ3) is 4.62. The van der Waals surface area contributed by atoms with E-state index in [1.165, 1.54) is 82.6 Å². The molecule has 0 N–H and O–H groups in total. The predicted molar refractivity (Wildman–Crippen MR) is 101 cm³/mol. The summed E-state index contributed by atoms with van der Waals surface area (Å²) in [7, 11) is -1.30. The second kappa shape index (κ2) is 9.14. The van der Waals surface area contributed by atoms with E-state index in [0.717, 1.165) is 5.92 Å². The van der Waals surface area contributed by atoms with Gasteiger partial charge in [-0.25, -0.2) is 0 Å². The zero-order valence-electron chi connectivity index (χ0n) is 15.3. The Labute approximate surface area is 140 Å². The molecular weight excluding hydrogens is 282 g/mol. The van der Waals surface area contributed by atoms with E-state index in [4.69, 9.17) is 0 Å². The van der Waals surface area contributed by atoms with E-state index in [1.807, 2.05) is 0 Å². The van der Waals surface area contributed by atoms with Crippen molar-refractivity contribution in [2.45, 2.75) is 96.3 Å². The van der Waals surface area contributed by atoms with Crippen LogP contribution in [0.3, 0.4) is 0 Å². The zero-order valence-corrected chi connectivity index (χ0v) is 16.3. The molecule has 0 spiro atoms. The van der Waals surface area contributed by atoms with Crippen molar-refractivity contribution in [3.05, 3.63) is 0 Å². The fourth-order valence-electron chi connectivity index (χ4n) is 4.40. The second-order valence-electron chi connectivity index (χ2n) is 7.55. The van der Waals surface area contributed by atoms with Crippen molar-refractivity contribution in [3.63, 3.8) is 0 Å². The molecule has 2 heteroatoms. The summed E-state index contributed by atoms with van der Waals surface area (Å²) in [6.07, 6.45) is 11.4. The Morgan fingerprint density at radius 1 is 0.864 bits per heavy atom. The van der Waals surface area contributed by atoms with E-state index in [-0.39, 0.29) is 0 Å². The van der Waals surface area contributed by atoms with Crippen LogP contribution in [-0.2, 0) is 0 Å². The van der Waals surface area contributed by atoms with Crippen molar-refractivity contribution in [3.8, 4) is 11.5 Å². The van der Waals surface area contributed by atoms with Crippen molar-refractivity contribution in [2.75, 3.05) is 13.1 Å². The molecule has 1 saturated heterocycles. The van der Waals surface area contributed by atoms with Crippen molar-refractivity contribution < 1.29 is 0 Å². The lowest BCUT2D eigenvalue weighted by Crippen LogP contribution is -2.44. The maximum atomic E-state index is 3.92. The minimum absolute atomic E-state index is 0.581. The third-order valence-corrected chi connectivity index (χ3v) is 11.1. The maximum Gasteiger partial charge on any atom is 0.137 e. The first kappa shape index (κ1) is 18.1. The van der Waals surface area contributed by atoms with Crippen molar-refractivity contribution in [1.29, 1.82) is 0 Å². The maximum absolute atomic E-state index is 3.92. The number of hydrogen-bond donors (Lipinski definition) is 0. The van der Waals surface area contributed by atoms with E-state index >= 15 is 0 Å². The van der Waals surface area contributed by atoms with Gasteiger partial charge in [0, 0.05) is 0 Å². The van der Waals surface area contributed by atoms with Crippen molar-refractivity contribution >= 4 is 8.07 Å². The highest BCUT2D eigenvalue weighted by molar-refractivity contribution is 6.87. The highest BCUT2D eigenvalue weighted by Crippen LogP contribution is 2.30. The number of likely N-dealkylation sites (tertiary alicyclic amines) is 1. The molecule has 22 heavy (non-hydrogen) atoms. The lowest BCUT2D eigenvalue weighted by Gasteiger charge is -2.38. The summed E-state index contributed by atoms with van der Waals surface area (Å²) < 4.78 is 0. The van der Waals surface area contributed by atoms with Gasteiger partial charge in [-0.05, 0) is 62.8 Å².